The molecule has 0 aromatic heterocycles. The maximum Gasteiger partial charge on any atom is 0.243 e. The van der Waals surface area contributed by atoms with E-state index in [1.165, 1.54) is 0 Å². The van der Waals surface area contributed by atoms with Crippen molar-refractivity contribution in [2.24, 2.45) is 5.92 Å². The smallest absolute Gasteiger partial charge is 0.243 e. The lowest BCUT2D eigenvalue weighted by atomic mass is 9.89. The van der Waals surface area contributed by atoms with Crippen LogP contribution in [0.15, 0.2) is 0 Å². The van der Waals surface area contributed by atoms with E-state index in [0.717, 1.165) is 25.8 Å². The fraction of sp³-hybridized carbons (Fsp3) is 1.00. The van der Waals surface area contributed by atoms with Crippen LogP contribution in [0.5, 0.6) is 0 Å². The quantitative estimate of drug-likeness (QED) is 0.618. The Morgan fingerprint density at radius 1 is 1.36 bits per heavy atom. The molecular formula is C8H13F2N. The molecule has 1 aliphatic carbocycles. The number of hydrogen-bond acceptors (Lipinski definition) is 1. The lowest BCUT2D eigenvalue weighted by molar-refractivity contribution is 0.0307. The van der Waals surface area contributed by atoms with Gasteiger partial charge in [0.15, 0.2) is 0 Å². The number of halogens is 2. The van der Waals surface area contributed by atoms with Crippen LogP contribution in [0.2, 0.25) is 0 Å². The van der Waals surface area contributed by atoms with E-state index in [1.807, 2.05) is 0 Å². The second kappa shape index (κ2) is 2.41. The molecule has 0 aromatic rings. The van der Waals surface area contributed by atoms with Crippen molar-refractivity contribution in [2.75, 3.05) is 6.54 Å². The van der Waals surface area contributed by atoms with E-state index in [2.05, 4.69) is 5.32 Å². The Balaban J connectivity index is 2.04. The molecule has 0 radical (unpaired) electrons. The van der Waals surface area contributed by atoms with Crippen LogP contribution in [0.4, 0.5) is 8.78 Å². The van der Waals surface area contributed by atoms with E-state index in [-0.39, 0.29) is 11.5 Å². The highest BCUT2D eigenvalue weighted by molar-refractivity contribution is 5.09. The van der Waals surface area contributed by atoms with Crippen molar-refractivity contribution in [1.82, 2.24) is 5.32 Å². The van der Waals surface area contributed by atoms with Gasteiger partial charge < -0.3 is 5.32 Å². The Morgan fingerprint density at radius 2 is 2.09 bits per heavy atom. The van der Waals surface area contributed by atoms with Gasteiger partial charge in [-0.25, -0.2) is 8.78 Å². The van der Waals surface area contributed by atoms with Crippen molar-refractivity contribution in [1.29, 1.82) is 0 Å². The van der Waals surface area contributed by atoms with Gasteiger partial charge in [-0.3, -0.25) is 0 Å². The molecule has 11 heavy (non-hydrogen) atoms. The zero-order valence-electron chi connectivity index (χ0n) is 6.45. The lowest BCUT2D eigenvalue weighted by Gasteiger charge is -2.32. The van der Waals surface area contributed by atoms with Gasteiger partial charge >= 0.3 is 0 Å². The van der Waals surface area contributed by atoms with Crippen molar-refractivity contribution in [3.05, 3.63) is 0 Å². The largest absolute Gasteiger partial charge is 0.311 e. The first-order valence-corrected chi connectivity index (χ1v) is 4.28. The van der Waals surface area contributed by atoms with Crippen LogP contribution in [0.3, 0.4) is 0 Å². The van der Waals surface area contributed by atoms with E-state index in [0.29, 0.717) is 6.42 Å². The first kappa shape index (κ1) is 7.47. The minimum absolute atomic E-state index is 0.133. The molecule has 1 nitrogen and oxygen atoms in total. The van der Waals surface area contributed by atoms with E-state index in [9.17, 15) is 8.78 Å². The van der Waals surface area contributed by atoms with Gasteiger partial charge in [-0.05, 0) is 32.2 Å². The van der Waals surface area contributed by atoms with Crippen LogP contribution in [-0.2, 0) is 0 Å². The summed E-state index contributed by atoms with van der Waals surface area (Å²) in [5, 5.41) is 3.22. The predicted octanol–water partition coefficient (Wildman–Crippen LogP) is 1.78. The molecule has 1 saturated heterocycles. The SMILES string of the molecule is FC(F)C1CCCNC12CC2. The summed E-state index contributed by atoms with van der Waals surface area (Å²) in [6.45, 7) is 0.934. The average molecular weight is 161 g/mol. The Kier molecular flexibility index (Phi) is 1.63. The molecule has 1 saturated carbocycles. The highest BCUT2D eigenvalue weighted by atomic mass is 19.3. The molecule has 64 valence electrons. The zero-order valence-corrected chi connectivity index (χ0v) is 6.45. The van der Waals surface area contributed by atoms with Crippen molar-refractivity contribution in [2.45, 2.75) is 37.6 Å². The van der Waals surface area contributed by atoms with E-state index >= 15 is 0 Å². The summed E-state index contributed by atoms with van der Waals surface area (Å²) in [7, 11) is 0. The van der Waals surface area contributed by atoms with Crippen LogP contribution in [-0.4, -0.2) is 18.5 Å². The van der Waals surface area contributed by atoms with Crippen molar-refractivity contribution in [3.8, 4) is 0 Å². The number of alkyl halides is 2. The molecule has 1 spiro atoms. The van der Waals surface area contributed by atoms with Gasteiger partial charge in [0, 0.05) is 11.5 Å². The van der Waals surface area contributed by atoms with Gasteiger partial charge in [-0.15, -0.1) is 0 Å². The van der Waals surface area contributed by atoms with Crippen LogP contribution < -0.4 is 5.32 Å². The summed E-state index contributed by atoms with van der Waals surface area (Å²) in [6.07, 6.45) is 1.43. The molecule has 1 aliphatic heterocycles. The van der Waals surface area contributed by atoms with Gasteiger partial charge in [-0.2, -0.15) is 0 Å². The van der Waals surface area contributed by atoms with Crippen LogP contribution >= 0.6 is 0 Å². The van der Waals surface area contributed by atoms with Crippen LogP contribution in [0.1, 0.15) is 25.7 Å². The maximum atomic E-state index is 12.4. The van der Waals surface area contributed by atoms with Crippen molar-refractivity contribution in [3.63, 3.8) is 0 Å². The third-order valence-corrected chi connectivity index (χ3v) is 2.97. The normalized spacial score (nSPS) is 34.6. The summed E-state index contributed by atoms with van der Waals surface area (Å²) in [5.74, 6) is -0.365. The summed E-state index contributed by atoms with van der Waals surface area (Å²) >= 11 is 0. The zero-order chi connectivity index (χ0) is 7.90. The number of nitrogens with one attached hydrogen (secondary N) is 1. The minimum Gasteiger partial charge on any atom is -0.311 e. The molecule has 1 unspecified atom stereocenters. The van der Waals surface area contributed by atoms with E-state index in [4.69, 9.17) is 0 Å². The predicted molar refractivity (Wildman–Crippen MR) is 38.7 cm³/mol. The van der Waals surface area contributed by atoms with Crippen molar-refractivity contribution >= 4 is 0 Å². The lowest BCUT2D eigenvalue weighted by Crippen LogP contribution is -2.46. The fourth-order valence-electron chi connectivity index (χ4n) is 2.12. The average Bonchev–Trinajstić information content (AvgIpc) is 2.70. The van der Waals surface area contributed by atoms with Gasteiger partial charge in [0.25, 0.3) is 0 Å². The van der Waals surface area contributed by atoms with Crippen LogP contribution in [0, 0.1) is 5.92 Å². The summed E-state index contributed by atoms with van der Waals surface area (Å²) in [5.41, 5.74) is -0.133. The maximum absolute atomic E-state index is 12.4. The fourth-order valence-corrected chi connectivity index (χ4v) is 2.12. The second-order valence-electron chi connectivity index (χ2n) is 3.67. The molecule has 1 atom stereocenters. The van der Waals surface area contributed by atoms with Gasteiger partial charge in [0.1, 0.15) is 0 Å². The molecule has 2 rings (SSSR count). The third-order valence-electron chi connectivity index (χ3n) is 2.97. The first-order valence-electron chi connectivity index (χ1n) is 4.28. The Bertz CT molecular complexity index is 154. The Labute approximate surface area is 65.2 Å². The molecular weight excluding hydrogens is 148 g/mol. The Hall–Kier alpha value is -0.180. The van der Waals surface area contributed by atoms with Gasteiger partial charge in [0.2, 0.25) is 6.43 Å². The van der Waals surface area contributed by atoms with Gasteiger partial charge in [-0.1, -0.05) is 0 Å². The molecule has 0 bridgehead atoms. The minimum atomic E-state index is -2.12. The van der Waals surface area contributed by atoms with Crippen LogP contribution in [0.25, 0.3) is 0 Å². The molecule has 2 fully saturated rings. The number of hydrogen-bond donors (Lipinski definition) is 1. The molecule has 1 heterocycles. The molecule has 1 N–H and O–H groups in total. The third kappa shape index (κ3) is 1.15. The topological polar surface area (TPSA) is 12.0 Å². The second-order valence-corrected chi connectivity index (χ2v) is 3.67. The molecule has 3 heteroatoms. The Morgan fingerprint density at radius 3 is 2.55 bits per heavy atom. The summed E-state index contributed by atoms with van der Waals surface area (Å²) in [6, 6.07) is 0. The standard InChI is InChI=1S/C8H13F2N/c9-7(10)6-2-1-5-11-8(6)3-4-8/h6-7,11H,1-5H2. The molecule has 0 aromatic carbocycles. The summed E-state index contributed by atoms with van der Waals surface area (Å²) in [4.78, 5) is 0. The van der Waals surface area contributed by atoms with E-state index in [1.54, 1.807) is 0 Å². The highest BCUT2D eigenvalue weighted by Crippen LogP contribution is 2.48. The number of rotatable bonds is 1. The molecule has 2 aliphatic rings. The van der Waals surface area contributed by atoms with Gasteiger partial charge in [0.05, 0.1) is 0 Å². The molecule has 0 amide bonds. The number of piperidine rings is 1. The summed E-state index contributed by atoms with van der Waals surface area (Å²) < 4.78 is 24.8. The highest BCUT2D eigenvalue weighted by Gasteiger charge is 2.53. The van der Waals surface area contributed by atoms with Crippen molar-refractivity contribution < 1.29 is 8.78 Å². The van der Waals surface area contributed by atoms with E-state index < -0.39 is 6.43 Å². The first-order chi connectivity index (χ1) is 5.25. The monoisotopic (exact) mass is 161 g/mol.